The van der Waals surface area contributed by atoms with Crippen molar-refractivity contribution >= 4 is 39.8 Å². The minimum absolute atomic E-state index is 0.349. The summed E-state index contributed by atoms with van der Waals surface area (Å²) in [6, 6.07) is 17.0. The highest BCUT2D eigenvalue weighted by Crippen LogP contribution is 2.50. The average molecular weight is 503 g/mol. The molecule has 6 rings (SSSR count). The molecule has 2 aliphatic heterocycles. The fraction of sp³-hybridized carbons (Fsp3) is 0.321. The first kappa shape index (κ1) is 22.9. The third kappa shape index (κ3) is 3.47. The predicted octanol–water partition coefficient (Wildman–Crippen LogP) is 4.77. The molecule has 3 atom stereocenters. The molecule has 3 heterocycles. The maximum Gasteiger partial charge on any atom is 0.341 e. The third-order valence-electron chi connectivity index (χ3n) is 7.29. The Bertz CT molecular complexity index is 1350. The number of benzene rings is 2. The molecule has 36 heavy (non-hydrogen) atoms. The molecule has 1 aliphatic carbocycles. The van der Waals surface area contributed by atoms with Gasteiger partial charge in [0.15, 0.2) is 6.10 Å². The fourth-order valence-electron chi connectivity index (χ4n) is 5.54. The summed E-state index contributed by atoms with van der Waals surface area (Å²) in [4.78, 5) is 49.2. The second kappa shape index (κ2) is 8.87. The van der Waals surface area contributed by atoms with Gasteiger partial charge in [-0.25, -0.2) is 14.8 Å². The number of ether oxygens (including phenoxy) is 1. The van der Waals surface area contributed by atoms with Crippen LogP contribution in [0.15, 0.2) is 54.6 Å². The second-order valence-corrected chi connectivity index (χ2v) is 10.5. The number of carbonyl (C=O) groups is 3. The van der Waals surface area contributed by atoms with Crippen molar-refractivity contribution < 1.29 is 24.0 Å². The number of anilines is 2. The lowest BCUT2D eigenvalue weighted by molar-refractivity contribution is -0.126. The van der Waals surface area contributed by atoms with Gasteiger partial charge in [0.05, 0.1) is 24.4 Å². The number of carbonyl (C=O) groups excluding carboxylic acids is 3. The Hall–Kier alpha value is -3.49. The molecule has 0 N–H and O–H groups in total. The van der Waals surface area contributed by atoms with Gasteiger partial charge in [-0.3, -0.25) is 14.4 Å². The van der Waals surface area contributed by atoms with Gasteiger partial charge in [0.25, 0.3) is 5.91 Å². The van der Waals surface area contributed by atoms with Crippen LogP contribution in [0, 0.1) is 12.8 Å². The van der Waals surface area contributed by atoms with Gasteiger partial charge in [-0.2, -0.15) is 0 Å². The van der Waals surface area contributed by atoms with Crippen molar-refractivity contribution in [2.45, 2.75) is 44.8 Å². The number of fused-ring (bicyclic) bond motifs is 2. The number of esters is 1. The largest absolute Gasteiger partial charge is 0.465 e. The first-order valence-corrected chi connectivity index (χ1v) is 13.0. The minimum atomic E-state index is -0.978. The van der Waals surface area contributed by atoms with Crippen molar-refractivity contribution in [2.75, 3.05) is 17.1 Å². The van der Waals surface area contributed by atoms with E-state index in [1.165, 1.54) is 23.3 Å². The van der Waals surface area contributed by atoms with E-state index < -0.39 is 29.9 Å². The lowest BCUT2D eigenvalue weighted by Gasteiger charge is -2.28. The van der Waals surface area contributed by atoms with Gasteiger partial charge in [-0.15, -0.1) is 11.3 Å². The van der Waals surface area contributed by atoms with E-state index in [9.17, 15) is 14.4 Å². The molecule has 3 aliphatic rings. The molecule has 0 bridgehead atoms. The molecule has 3 aromatic rings. The number of rotatable bonds is 4. The summed E-state index contributed by atoms with van der Waals surface area (Å²) in [6.07, 6.45) is 2.57. The van der Waals surface area contributed by atoms with Crippen LogP contribution in [0.5, 0.6) is 0 Å². The Kier molecular flexibility index (Phi) is 5.65. The van der Waals surface area contributed by atoms with Gasteiger partial charge >= 0.3 is 5.97 Å². The zero-order valence-corrected chi connectivity index (χ0v) is 20.9. The number of aryl methyl sites for hydroxylation is 2. The molecule has 2 aromatic carbocycles. The predicted molar refractivity (Wildman–Crippen MR) is 136 cm³/mol. The molecular weight excluding hydrogens is 476 g/mol. The first-order valence-electron chi connectivity index (χ1n) is 12.2. The highest BCUT2D eigenvalue weighted by Gasteiger charge is 2.61. The molecule has 184 valence electrons. The van der Waals surface area contributed by atoms with Crippen LogP contribution in [0.25, 0.3) is 0 Å². The van der Waals surface area contributed by atoms with E-state index in [-0.39, 0.29) is 5.91 Å². The Labute approximate surface area is 213 Å². The Morgan fingerprint density at radius 2 is 1.72 bits per heavy atom. The molecule has 0 radical (unpaired) electrons. The van der Waals surface area contributed by atoms with Crippen molar-refractivity contribution in [3.05, 3.63) is 81.7 Å². The van der Waals surface area contributed by atoms with E-state index in [0.717, 1.165) is 52.9 Å². The van der Waals surface area contributed by atoms with Crippen LogP contribution < -0.4 is 9.96 Å². The van der Waals surface area contributed by atoms with E-state index in [1.54, 1.807) is 5.06 Å². The highest BCUT2D eigenvalue weighted by molar-refractivity contribution is 7.17. The minimum Gasteiger partial charge on any atom is -0.465 e. The van der Waals surface area contributed by atoms with Crippen LogP contribution in [0.3, 0.4) is 0 Å². The molecule has 0 spiro atoms. The number of nitrogens with zero attached hydrogens (tertiary/aromatic N) is 2. The molecule has 8 heteroatoms. The Morgan fingerprint density at radius 3 is 2.44 bits per heavy atom. The lowest BCUT2D eigenvalue weighted by atomic mass is 9.90. The summed E-state index contributed by atoms with van der Waals surface area (Å²) in [5.74, 6) is -2.05. The van der Waals surface area contributed by atoms with Gasteiger partial charge < -0.3 is 4.74 Å². The number of methoxy groups -OCH3 is 1. The standard InChI is InChI=1S/C28H26N2O5S/c1-16-12-14-17(15-13-16)23-22-24(35-30(23)18-8-4-3-5-9-18)26(32)29(25(22)31)27-21(28(33)34-2)19-10-6-7-11-20(19)36-27/h3-5,8-9,12-15,22-24H,6-7,10-11H2,1-2H3/t22-,23-,24+/m1/s1. The lowest BCUT2D eigenvalue weighted by Crippen LogP contribution is -2.37. The van der Waals surface area contributed by atoms with E-state index >= 15 is 0 Å². The SMILES string of the molecule is COC(=O)c1c(N2C(=O)[C@H]3[C@H](ON(c4ccccc4)[C@@H]3c3ccc(C)cc3)C2=O)sc2c1CCCC2. The average Bonchev–Trinajstić information content (AvgIpc) is 3.55. The topological polar surface area (TPSA) is 76.2 Å². The maximum absolute atomic E-state index is 14.1. The van der Waals surface area contributed by atoms with E-state index in [4.69, 9.17) is 9.57 Å². The van der Waals surface area contributed by atoms with Gasteiger partial charge in [0, 0.05) is 4.88 Å². The van der Waals surface area contributed by atoms with Gasteiger partial charge in [-0.05, 0) is 55.9 Å². The van der Waals surface area contributed by atoms with Crippen molar-refractivity contribution in [3.63, 3.8) is 0 Å². The Morgan fingerprint density at radius 1 is 1.00 bits per heavy atom. The summed E-state index contributed by atoms with van der Waals surface area (Å²) in [5, 5.41) is 2.06. The van der Waals surface area contributed by atoms with Crippen LogP contribution in [-0.4, -0.2) is 31.0 Å². The molecular formula is C28H26N2O5S. The monoisotopic (exact) mass is 502 g/mol. The number of hydrogen-bond donors (Lipinski definition) is 0. The number of thiophene rings is 1. The van der Waals surface area contributed by atoms with E-state index in [0.29, 0.717) is 10.6 Å². The molecule has 0 saturated carbocycles. The molecule has 1 aromatic heterocycles. The summed E-state index contributed by atoms with van der Waals surface area (Å²) in [5.41, 5.74) is 4.02. The third-order valence-corrected chi connectivity index (χ3v) is 8.57. The second-order valence-electron chi connectivity index (χ2n) is 9.46. The number of hydrogen-bond acceptors (Lipinski definition) is 7. The fourth-order valence-corrected chi connectivity index (χ4v) is 6.92. The summed E-state index contributed by atoms with van der Waals surface area (Å²) in [6.45, 7) is 2.01. The Balaban J connectivity index is 1.45. The van der Waals surface area contributed by atoms with Crippen LogP contribution >= 0.6 is 11.3 Å². The van der Waals surface area contributed by atoms with E-state index in [1.807, 2.05) is 61.5 Å². The number of imide groups is 1. The highest BCUT2D eigenvalue weighted by atomic mass is 32.1. The van der Waals surface area contributed by atoms with Crippen molar-refractivity contribution in [1.82, 2.24) is 0 Å². The van der Waals surface area contributed by atoms with E-state index in [2.05, 4.69) is 0 Å². The van der Waals surface area contributed by atoms with Gasteiger partial charge in [-0.1, -0.05) is 48.0 Å². The number of amides is 2. The van der Waals surface area contributed by atoms with Crippen LogP contribution in [0.4, 0.5) is 10.7 Å². The van der Waals surface area contributed by atoms with Crippen molar-refractivity contribution in [2.24, 2.45) is 5.92 Å². The summed E-state index contributed by atoms with van der Waals surface area (Å²) < 4.78 is 5.08. The van der Waals surface area contributed by atoms with Gasteiger partial charge in [0.1, 0.15) is 10.9 Å². The van der Waals surface area contributed by atoms with Crippen molar-refractivity contribution in [1.29, 1.82) is 0 Å². The normalized spacial score (nSPS) is 23.1. The number of para-hydroxylation sites is 1. The summed E-state index contributed by atoms with van der Waals surface area (Å²) in [7, 11) is 1.33. The zero-order valence-electron chi connectivity index (χ0n) is 20.1. The van der Waals surface area contributed by atoms with Crippen LogP contribution in [0.1, 0.15) is 50.8 Å². The molecule has 7 nitrogen and oxygen atoms in total. The van der Waals surface area contributed by atoms with Crippen LogP contribution in [-0.2, 0) is 32.0 Å². The maximum atomic E-state index is 14.1. The van der Waals surface area contributed by atoms with Crippen molar-refractivity contribution in [3.8, 4) is 0 Å². The number of hydroxylamine groups is 1. The van der Waals surface area contributed by atoms with Gasteiger partial charge in [0.2, 0.25) is 5.91 Å². The molecule has 2 saturated heterocycles. The molecule has 2 fully saturated rings. The smallest absolute Gasteiger partial charge is 0.341 e. The quantitative estimate of drug-likeness (QED) is 0.378. The molecule has 2 amide bonds. The zero-order chi connectivity index (χ0) is 25.0. The molecule has 0 unspecified atom stereocenters. The first-order chi connectivity index (χ1) is 17.5. The van der Waals surface area contributed by atoms with Crippen LogP contribution in [0.2, 0.25) is 0 Å². The summed E-state index contributed by atoms with van der Waals surface area (Å²) >= 11 is 1.36.